The highest BCUT2D eigenvalue weighted by molar-refractivity contribution is 9.10. The van der Waals surface area contributed by atoms with Gasteiger partial charge in [-0.3, -0.25) is 4.79 Å². The normalized spacial score (nSPS) is 11.9. The number of carbonyl (C=O) groups is 1. The molecule has 1 atom stereocenters. The number of rotatable bonds is 5. The number of halogens is 1. The van der Waals surface area contributed by atoms with Crippen LogP contribution in [-0.2, 0) is 11.2 Å². The van der Waals surface area contributed by atoms with Crippen LogP contribution in [0.2, 0.25) is 0 Å². The summed E-state index contributed by atoms with van der Waals surface area (Å²) in [5, 5.41) is 5.27. The molecule has 4 nitrogen and oxygen atoms in total. The first-order valence-corrected chi connectivity index (χ1v) is 9.11. The van der Waals surface area contributed by atoms with Gasteiger partial charge in [-0.25, -0.2) is 4.98 Å². The Morgan fingerprint density at radius 3 is 2.75 bits per heavy atom. The van der Waals surface area contributed by atoms with E-state index in [2.05, 4.69) is 26.2 Å². The van der Waals surface area contributed by atoms with Crippen LogP contribution >= 0.6 is 27.3 Å². The van der Waals surface area contributed by atoms with Gasteiger partial charge in [-0.05, 0) is 24.1 Å². The third-order valence-corrected chi connectivity index (χ3v) is 4.74. The van der Waals surface area contributed by atoms with Gasteiger partial charge in [-0.2, -0.15) is 0 Å². The Balaban J connectivity index is 1.65. The van der Waals surface area contributed by atoms with Gasteiger partial charge in [0.1, 0.15) is 0 Å². The molecule has 1 aromatic heterocycles. The van der Waals surface area contributed by atoms with Crippen molar-refractivity contribution in [2.24, 2.45) is 5.73 Å². The molecule has 1 amide bonds. The summed E-state index contributed by atoms with van der Waals surface area (Å²) in [5.74, 6) is -0.228. The van der Waals surface area contributed by atoms with Crippen LogP contribution in [0.1, 0.15) is 5.56 Å². The maximum absolute atomic E-state index is 12.2. The van der Waals surface area contributed by atoms with Crippen LogP contribution in [-0.4, -0.2) is 16.9 Å². The fourth-order valence-electron chi connectivity index (χ4n) is 2.27. The number of carbonyl (C=O) groups excluding carboxylic acids is 1. The van der Waals surface area contributed by atoms with Crippen LogP contribution in [0.3, 0.4) is 0 Å². The third-order valence-electron chi connectivity index (χ3n) is 3.49. The number of nitrogens with one attached hydrogen (secondary N) is 1. The van der Waals surface area contributed by atoms with Crippen molar-refractivity contribution < 1.29 is 4.79 Å². The number of nitrogens with two attached hydrogens (primary N) is 1. The quantitative estimate of drug-likeness (QED) is 0.676. The van der Waals surface area contributed by atoms with Gasteiger partial charge >= 0.3 is 0 Å². The van der Waals surface area contributed by atoms with E-state index in [-0.39, 0.29) is 5.91 Å². The molecule has 0 bridgehead atoms. The fraction of sp³-hybridized carbons (Fsp3) is 0.111. The average Bonchev–Trinajstić information content (AvgIpc) is 3.04. The first-order valence-electron chi connectivity index (χ1n) is 7.43. The van der Waals surface area contributed by atoms with Gasteiger partial charge < -0.3 is 11.1 Å². The molecule has 1 heterocycles. The van der Waals surface area contributed by atoms with E-state index in [4.69, 9.17) is 5.73 Å². The number of amides is 1. The minimum Gasteiger partial charge on any atom is -0.320 e. The lowest BCUT2D eigenvalue weighted by atomic mass is 10.1. The molecular weight excluding hydrogens is 386 g/mol. The Labute approximate surface area is 152 Å². The van der Waals surface area contributed by atoms with Gasteiger partial charge in [0.2, 0.25) is 5.91 Å². The van der Waals surface area contributed by atoms with Crippen LogP contribution < -0.4 is 11.1 Å². The molecule has 0 aliphatic heterocycles. The fourth-order valence-corrected chi connectivity index (χ4v) is 3.39. The number of nitrogens with zero attached hydrogens (tertiary/aromatic N) is 1. The molecule has 6 heteroatoms. The summed E-state index contributed by atoms with van der Waals surface area (Å²) < 4.78 is 0.989. The molecule has 3 aromatic rings. The Bertz CT molecular complexity index is 835. The van der Waals surface area contributed by atoms with E-state index >= 15 is 0 Å². The van der Waals surface area contributed by atoms with Gasteiger partial charge in [-0.1, -0.05) is 58.4 Å². The summed E-state index contributed by atoms with van der Waals surface area (Å²) in [7, 11) is 0. The molecule has 0 aliphatic rings. The van der Waals surface area contributed by atoms with Crippen molar-refractivity contribution in [2.45, 2.75) is 12.5 Å². The van der Waals surface area contributed by atoms with E-state index in [1.165, 1.54) is 11.3 Å². The topological polar surface area (TPSA) is 68.0 Å². The van der Waals surface area contributed by atoms with Crippen LogP contribution in [0, 0.1) is 0 Å². The zero-order valence-corrected chi connectivity index (χ0v) is 15.2. The van der Waals surface area contributed by atoms with Gasteiger partial charge in [0.15, 0.2) is 5.13 Å². The summed E-state index contributed by atoms with van der Waals surface area (Å²) in [5.41, 5.74) is 8.85. The van der Waals surface area contributed by atoms with Crippen molar-refractivity contribution in [1.29, 1.82) is 0 Å². The van der Waals surface area contributed by atoms with Crippen LogP contribution in [0.15, 0.2) is 64.5 Å². The molecule has 3 N–H and O–H groups in total. The van der Waals surface area contributed by atoms with Crippen molar-refractivity contribution in [3.63, 3.8) is 0 Å². The maximum Gasteiger partial charge on any atom is 0.243 e. The summed E-state index contributed by atoms with van der Waals surface area (Å²) in [6.45, 7) is 0. The summed E-state index contributed by atoms with van der Waals surface area (Å²) in [6, 6.07) is 17.0. The van der Waals surface area contributed by atoms with E-state index < -0.39 is 6.04 Å². The lowest BCUT2D eigenvalue weighted by Gasteiger charge is -2.10. The molecule has 0 saturated heterocycles. The number of thiazole rings is 1. The Kier molecular flexibility index (Phi) is 5.40. The highest BCUT2D eigenvalue weighted by atomic mass is 79.9. The third kappa shape index (κ3) is 4.29. The van der Waals surface area contributed by atoms with E-state index in [1.54, 1.807) is 0 Å². The highest BCUT2D eigenvalue weighted by Crippen LogP contribution is 2.26. The molecule has 0 spiro atoms. The smallest absolute Gasteiger partial charge is 0.243 e. The second-order valence-electron chi connectivity index (χ2n) is 5.33. The molecule has 24 heavy (non-hydrogen) atoms. The number of hydrogen-bond acceptors (Lipinski definition) is 4. The Morgan fingerprint density at radius 1 is 1.21 bits per heavy atom. The number of anilines is 1. The van der Waals surface area contributed by atoms with Crippen LogP contribution in [0.5, 0.6) is 0 Å². The summed E-state index contributed by atoms with van der Waals surface area (Å²) >= 11 is 4.83. The first-order chi connectivity index (χ1) is 11.6. The van der Waals surface area contributed by atoms with Crippen molar-refractivity contribution >= 4 is 38.3 Å². The van der Waals surface area contributed by atoms with Crippen molar-refractivity contribution in [3.8, 4) is 11.3 Å². The number of aromatic nitrogens is 1. The molecule has 0 aliphatic carbocycles. The zero-order chi connectivity index (χ0) is 16.9. The molecule has 0 unspecified atom stereocenters. The molecular formula is C18H16BrN3OS. The van der Waals surface area contributed by atoms with Crippen LogP contribution in [0.4, 0.5) is 5.13 Å². The SMILES string of the molecule is N[C@@H](Cc1ccccc1)C(=O)Nc1nc(-c2cccc(Br)c2)cs1. The van der Waals surface area contributed by atoms with E-state index in [1.807, 2.05) is 60.0 Å². The predicted molar refractivity (Wildman–Crippen MR) is 102 cm³/mol. The molecule has 3 rings (SSSR count). The monoisotopic (exact) mass is 401 g/mol. The van der Waals surface area contributed by atoms with Gasteiger partial charge in [0.25, 0.3) is 0 Å². The predicted octanol–water partition coefficient (Wildman–Crippen LogP) is 4.08. The second-order valence-corrected chi connectivity index (χ2v) is 7.11. The minimum atomic E-state index is -0.606. The number of benzene rings is 2. The van der Waals surface area contributed by atoms with E-state index in [0.717, 1.165) is 21.3 Å². The minimum absolute atomic E-state index is 0.228. The highest BCUT2D eigenvalue weighted by Gasteiger charge is 2.16. The van der Waals surface area contributed by atoms with Crippen molar-refractivity contribution in [3.05, 3.63) is 70.0 Å². The van der Waals surface area contributed by atoms with Crippen molar-refractivity contribution in [1.82, 2.24) is 4.98 Å². The molecule has 0 radical (unpaired) electrons. The summed E-state index contributed by atoms with van der Waals surface area (Å²) in [6.07, 6.45) is 0.497. The van der Waals surface area contributed by atoms with E-state index in [0.29, 0.717) is 11.6 Å². The Hall–Kier alpha value is -2.02. The standard InChI is InChI=1S/C18H16BrN3OS/c19-14-8-4-7-13(10-14)16-11-24-18(21-16)22-17(23)15(20)9-12-5-2-1-3-6-12/h1-8,10-11,15H,9,20H2,(H,21,22,23)/t15-/m0/s1. The van der Waals surface area contributed by atoms with Crippen LogP contribution in [0.25, 0.3) is 11.3 Å². The zero-order valence-electron chi connectivity index (χ0n) is 12.8. The molecule has 0 saturated carbocycles. The molecule has 122 valence electrons. The Morgan fingerprint density at radius 2 is 2.00 bits per heavy atom. The van der Waals surface area contributed by atoms with Crippen molar-refractivity contribution in [2.75, 3.05) is 5.32 Å². The molecule has 2 aromatic carbocycles. The first kappa shape index (κ1) is 16.8. The average molecular weight is 402 g/mol. The summed E-state index contributed by atoms with van der Waals surface area (Å²) in [4.78, 5) is 16.7. The lowest BCUT2D eigenvalue weighted by molar-refractivity contribution is -0.117. The molecule has 0 fully saturated rings. The van der Waals surface area contributed by atoms with Gasteiger partial charge in [0, 0.05) is 15.4 Å². The largest absolute Gasteiger partial charge is 0.320 e. The van der Waals surface area contributed by atoms with Gasteiger partial charge in [-0.15, -0.1) is 11.3 Å². The lowest BCUT2D eigenvalue weighted by Crippen LogP contribution is -2.37. The second kappa shape index (κ2) is 7.70. The number of hydrogen-bond donors (Lipinski definition) is 2. The maximum atomic E-state index is 12.2. The van der Waals surface area contributed by atoms with E-state index in [9.17, 15) is 4.79 Å². The van der Waals surface area contributed by atoms with Gasteiger partial charge in [0.05, 0.1) is 11.7 Å².